The fraction of sp³-hybridized carbons (Fsp3) is 0.467. The number of ether oxygens (including phenoxy) is 2. The lowest BCUT2D eigenvalue weighted by molar-refractivity contribution is 0.0223. The molecule has 1 N–H and O–H groups in total. The second-order valence-corrected chi connectivity index (χ2v) is 5.91. The predicted octanol–water partition coefficient (Wildman–Crippen LogP) is 3.04. The highest BCUT2D eigenvalue weighted by atomic mass is 16.7. The molecule has 6 nitrogen and oxygen atoms in total. The zero-order valence-electron chi connectivity index (χ0n) is 12.4. The third-order valence-electron chi connectivity index (χ3n) is 3.08. The van der Waals surface area contributed by atoms with Gasteiger partial charge in [-0.1, -0.05) is 12.1 Å². The monoisotopic (exact) mass is 293 g/mol. The van der Waals surface area contributed by atoms with E-state index in [2.05, 4.69) is 0 Å². The molecule has 2 rings (SSSR count). The summed E-state index contributed by atoms with van der Waals surface area (Å²) in [4.78, 5) is 24.4. The van der Waals surface area contributed by atoms with Gasteiger partial charge in [-0.05, 0) is 38.8 Å². The van der Waals surface area contributed by atoms with Gasteiger partial charge in [-0.3, -0.25) is 0 Å². The van der Waals surface area contributed by atoms with Gasteiger partial charge in [-0.15, -0.1) is 0 Å². The van der Waals surface area contributed by atoms with Crippen molar-refractivity contribution < 1.29 is 24.2 Å². The van der Waals surface area contributed by atoms with E-state index in [4.69, 9.17) is 14.6 Å². The van der Waals surface area contributed by atoms with E-state index in [0.717, 1.165) is 11.1 Å². The van der Waals surface area contributed by atoms with Gasteiger partial charge >= 0.3 is 12.2 Å². The molecule has 0 saturated carbocycles. The Bertz CT molecular complexity index is 562. The van der Waals surface area contributed by atoms with Crippen LogP contribution in [0.1, 0.15) is 31.9 Å². The van der Waals surface area contributed by atoms with E-state index in [1.807, 2.05) is 26.8 Å². The summed E-state index contributed by atoms with van der Waals surface area (Å²) < 4.78 is 10.1. The molecule has 0 unspecified atom stereocenters. The minimum absolute atomic E-state index is 0.272. The molecular weight excluding hydrogens is 274 g/mol. The van der Waals surface area contributed by atoms with Crippen LogP contribution in [-0.4, -0.2) is 34.4 Å². The molecule has 1 aromatic carbocycles. The van der Waals surface area contributed by atoms with Crippen molar-refractivity contribution in [2.45, 2.75) is 39.3 Å². The Labute approximate surface area is 123 Å². The van der Waals surface area contributed by atoms with Crippen LogP contribution in [0.3, 0.4) is 0 Å². The van der Waals surface area contributed by atoms with Crippen LogP contribution in [0.4, 0.5) is 9.59 Å². The molecule has 114 valence electrons. The lowest BCUT2D eigenvalue weighted by Crippen LogP contribution is -2.40. The number of hydrogen-bond acceptors (Lipinski definition) is 4. The van der Waals surface area contributed by atoms with E-state index >= 15 is 0 Å². The zero-order chi connectivity index (χ0) is 15.6. The van der Waals surface area contributed by atoms with Gasteiger partial charge in [-0.2, -0.15) is 0 Å². The van der Waals surface area contributed by atoms with Gasteiger partial charge in [0.2, 0.25) is 0 Å². The molecule has 0 spiro atoms. The Hall–Kier alpha value is -2.24. The minimum atomic E-state index is -1.36. The van der Waals surface area contributed by atoms with E-state index in [-0.39, 0.29) is 12.3 Å². The lowest BCUT2D eigenvalue weighted by Gasteiger charge is -2.31. The molecule has 0 aromatic heterocycles. The molecule has 1 heterocycles. The average Bonchev–Trinajstić information content (AvgIpc) is 2.36. The molecule has 0 aliphatic carbocycles. The van der Waals surface area contributed by atoms with Crippen molar-refractivity contribution in [3.63, 3.8) is 0 Å². The molecular formula is C15H19NO5. The van der Waals surface area contributed by atoms with Gasteiger partial charge in [0.25, 0.3) is 0 Å². The maximum atomic E-state index is 12.1. The average molecular weight is 293 g/mol. The van der Waals surface area contributed by atoms with Crippen LogP contribution >= 0.6 is 0 Å². The van der Waals surface area contributed by atoms with Crippen LogP contribution in [0, 0.1) is 0 Å². The fourth-order valence-electron chi connectivity index (χ4n) is 2.22. The van der Waals surface area contributed by atoms with Crippen LogP contribution in [0.5, 0.6) is 5.75 Å². The summed E-state index contributed by atoms with van der Waals surface area (Å²) in [5, 5.41) is 8.77. The van der Waals surface area contributed by atoms with E-state index in [0.29, 0.717) is 13.0 Å². The quantitative estimate of drug-likeness (QED) is 0.636. The van der Waals surface area contributed by atoms with Crippen LogP contribution in [-0.2, 0) is 17.7 Å². The fourth-order valence-corrected chi connectivity index (χ4v) is 2.22. The largest absolute Gasteiger partial charge is 0.511 e. The SMILES string of the molecule is CC(C)(C)OC(=O)N1CCc2cccc(OC(=O)O)c2C1. The van der Waals surface area contributed by atoms with Gasteiger partial charge in [0.15, 0.2) is 0 Å². The highest BCUT2D eigenvalue weighted by molar-refractivity contribution is 5.69. The number of rotatable bonds is 1. The van der Waals surface area contributed by atoms with Crippen molar-refractivity contribution in [1.29, 1.82) is 0 Å². The number of carbonyl (C=O) groups is 2. The molecule has 6 heteroatoms. The van der Waals surface area contributed by atoms with E-state index in [1.54, 1.807) is 17.0 Å². The van der Waals surface area contributed by atoms with Crippen molar-refractivity contribution in [3.05, 3.63) is 29.3 Å². The van der Waals surface area contributed by atoms with Crippen molar-refractivity contribution in [1.82, 2.24) is 4.90 Å². The van der Waals surface area contributed by atoms with Crippen LogP contribution in [0.15, 0.2) is 18.2 Å². The topological polar surface area (TPSA) is 76.1 Å². The van der Waals surface area contributed by atoms with Crippen molar-refractivity contribution >= 4 is 12.2 Å². The third kappa shape index (κ3) is 3.87. The molecule has 0 atom stereocenters. The summed E-state index contributed by atoms with van der Waals surface area (Å²) in [6.07, 6.45) is -1.12. The summed E-state index contributed by atoms with van der Waals surface area (Å²) in [5.74, 6) is 0.272. The maximum absolute atomic E-state index is 12.1. The lowest BCUT2D eigenvalue weighted by atomic mass is 9.99. The van der Waals surface area contributed by atoms with Gasteiger partial charge in [-0.25, -0.2) is 9.59 Å². The molecule has 1 amide bonds. The van der Waals surface area contributed by atoms with E-state index in [1.165, 1.54) is 0 Å². The van der Waals surface area contributed by atoms with Gasteiger partial charge < -0.3 is 19.5 Å². The summed E-state index contributed by atoms with van der Waals surface area (Å²) in [6, 6.07) is 5.25. The van der Waals surface area contributed by atoms with Crippen molar-refractivity contribution in [2.75, 3.05) is 6.54 Å². The van der Waals surface area contributed by atoms with Crippen molar-refractivity contribution in [3.8, 4) is 5.75 Å². The summed E-state index contributed by atoms with van der Waals surface area (Å²) in [7, 11) is 0. The van der Waals surface area contributed by atoms with Gasteiger partial charge in [0, 0.05) is 12.1 Å². The number of carbonyl (C=O) groups excluding carboxylic acids is 1. The first-order valence-electron chi connectivity index (χ1n) is 6.76. The normalized spacial score (nSPS) is 14.3. The number of carboxylic acid groups (broad SMARTS) is 1. The summed E-state index contributed by atoms with van der Waals surface area (Å²) in [5.41, 5.74) is 1.15. The van der Waals surface area contributed by atoms with Gasteiger partial charge in [0.05, 0.1) is 6.54 Å². The minimum Gasteiger partial charge on any atom is -0.449 e. The summed E-state index contributed by atoms with van der Waals surface area (Å²) in [6.45, 7) is 6.25. The number of benzene rings is 1. The highest BCUT2D eigenvalue weighted by Crippen LogP contribution is 2.29. The highest BCUT2D eigenvalue weighted by Gasteiger charge is 2.27. The maximum Gasteiger partial charge on any atom is 0.511 e. The first-order valence-corrected chi connectivity index (χ1v) is 6.76. The second kappa shape index (κ2) is 5.63. The molecule has 0 radical (unpaired) electrons. The standard InChI is InChI=1S/C15H19NO5/c1-15(2,3)21-13(17)16-8-7-10-5-4-6-12(11(10)9-16)20-14(18)19/h4-6H,7-9H2,1-3H3,(H,18,19). The molecule has 0 fully saturated rings. The molecule has 0 bridgehead atoms. The second-order valence-electron chi connectivity index (χ2n) is 5.91. The van der Waals surface area contributed by atoms with Crippen molar-refractivity contribution in [2.24, 2.45) is 0 Å². The summed E-state index contributed by atoms with van der Waals surface area (Å²) >= 11 is 0. The first-order chi connectivity index (χ1) is 9.76. The van der Waals surface area contributed by atoms with E-state index < -0.39 is 17.8 Å². The Morgan fingerprint density at radius 1 is 1.29 bits per heavy atom. The zero-order valence-corrected chi connectivity index (χ0v) is 12.4. The number of nitrogens with zero attached hydrogens (tertiary/aromatic N) is 1. The molecule has 0 saturated heterocycles. The molecule has 1 aromatic rings. The number of amides is 1. The van der Waals surface area contributed by atoms with Crippen LogP contribution in [0.2, 0.25) is 0 Å². The molecule has 21 heavy (non-hydrogen) atoms. The van der Waals surface area contributed by atoms with E-state index in [9.17, 15) is 9.59 Å². The smallest absolute Gasteiger partial charge is 0.449 e. The third-order valence-corrected chi connectivity index (χ3v) is 3.08. The van der Waals surface area contributed by atoms with Crippen LogP contribution < -0.4 is 4.74 Å². The van der Waals surface area contributed by atoms with Crippen LogP contribution in [0.25, 0.3) is 0 Å². The first kappa shape index (κ1) is 15.2. The predicted molar refractivity (Wildman–Crippen MR) is 75.4 cm³/mol. The number of hydrogen-bond donors (Lipinski definition) is 1. The molecule has 1 aliphatic rings. The Morgan fingerprint density at radius 2 is 2.00 bits per heavy atom. The Balaban J connectivity index is 2.19. The Morgan fingerprint density at radius 3 is 2.62 bits per heavy atom. The van der Waals surface area contributed by atoms with Gasteiger partial charge in [0.1, 0.15) is 11.4 Å². The molecule has 1 aliphatic heterocycles. The number of fused-ring (bicyclic) bond motifs is 1. The Kier molecular flexibility index (Phi) is 4.06.